The van der Waals surface area contributed by atoms with Crippen molar-refractivity contribution in [3.63, 3.8) is 0 Å². The third-order valence-electron chi connectivity index (χ3n) is 3.93. The van der Waals surface area contributed by atoms with E-state index in [-0.39, 0.29) is 18.4 Å². The van der Waals surface area contributed by atoms with Crippen LogP contribution in [0.15, 0.2) is 24.3 Å². The van der Waals surface area contributed by atoms with Gasteiger partial charge < -0.3 is 20.7 Å². The van der Waals surface area contributed by atoms with Crippen LogP contribution in [0.4, 0.5) is 4.39 Å². The SMILES string of the molecule is O=C(/C=C1/CCNC(=O)c2[nH]c3ccc(F)cc3c21)NCCCO. The smallest absolute Gasteiger partial charge is 0.268 e. The lowest BCUT2D eigenvalue weighted by atomic mass is 9.99. The van der Waals surface area contributed by atoms with Crippen molar-refractivity contribution in [2.75, 3.05) is 19.7 Å². The van der Waals surface area contributed by atoms with Crippen molar-refractivity contribution in [1.29, 1.82) is 0 Å². The average Bonchev–Trinajstić information content (AvgIpc) is 2.85. The second-order valence-corrected chi connectivity index (χ2v) is 5.61. The average molecular weight is 331 g/mol. The Morgan fingerprint density at radius 1 is 1.42 bits per heavy atom. The van der Waals surface area contributed by atoms with Gasteiger partial charge in [-0.15, -0.1) is 0 Å². The lowest BCUT2D eigenvalue weighted by Crippen LogP contribution is -2.23. The van der Waals surface area contributed by atoms with Gasteiger partial charge in [0, 0.05) is 42.2 Å². The maximum Gasteiger partial charge on any atom is 0.268 e. The Morgan fingerprint density at radius 2 is 2.25 bits per heavy atom. The predicted octanol–water partition coefficient (Wildman–Crippen LogP) is 1.32. The van der Waals surface area contributed by atoms with Crippen LogP contribution in [0.1, 0.15) is 28.9 Å². The Balaban J connectivity index is 2.04. The molecule has 126 valence electrons. The molecule has 1 aliphatic rings. The van der Waals surface area contributed by atoms with E-state index in [0.29, 0.717) is 53.7 Å². The van der Waals surface area contributed by atoms with Gasteiger partial charge in [-0.1, -0.05) is 0 Å². The Bertz CT molecular complexity index is 826. The molecule has 3 rings (SSSR count). The second-order valence-electron chi connectivity index (χ2n) is 5.61. The summed E-state index contributed by atoms with van der Waals surface area (Å²) in [7, 11) is 0. The second kappa shape index (κ2) is 6.84. The maximum atomic E-state index is 13.6. The molecule has 0 saturated heterocycles. The number of halogens is 1. The lowest BCUT2D eigenvalue weighted by Gasteiger charge is -2.06. The maximum absolute atomic E-state index is 13.6. The summed E-state index contributed by atoms with van der Waals surface area (Å²) < 4.78 is 13.6. The summed E-state index contributed by atoms with van der Waals surface area (Å²) in [6, 6.07) is 4.26. The Hall–Kier alpha value is -2.67. The molecule has 2 aromatic rings. The Morgan fingerprint density at radius 3 is 3.04 bits per heavy atom. The highest BCUT2D eigenvalue weighted by Gasteiger charge is 2.24. The van der Waals surface area contributed by atoms with E-state index >= 15 is 0 Å². The van der Waals surface area contributed by atoms with Crippen molar-refractivity contribution >= 4 is 28.3 Å². The molecule has 7 heteroatoms. The van der Waals surface area contributed by atoms with Crippen LogP contribution in [0.5, 0.6) is 0 Å². The van der Waals surface area contributed by atoms with Crippen LogP contribution < -0.4 is 10.6 Å². The topological polar surface area (TPSA) is 94.2 Å². The van der Waals surface area contributed by atoms with Crippen LogP contribution in [-0.2, 0) is 4.79 Å². The van der Waals surface area contributed by atoms with E-state index in [4.69, 9.17) is 5.11 Å². The monoisotopic (exact) mass is 331 g/mol. The first-order chi connectivity index (χ1) is 11.6. The number of aromatic amines is 1. The van der Waals surface area contributed by atoms with Gasteiger partial charge >= 0.3 is 0 Å². The van der Waals surface area contributed by atoms with Crippen LogP contribution >= 0.6 is 0 Å². The number of benzene rings is 1. The van der Waals surface area contributed by atoms with Crippen molar-refractivity contribution in [2.24, 2.45) is 0 Å². The zero-order valence-electron chi connectivity index (χ0n) is 13.0. The number of hydrogen-bond donors (Lipinski definition) is 4. The Labute approximate surface area is 137 Å². The molecule has 0 bridgehead atoms. The number of hydrogen-bond acceptors (Lipinski definition) is 3. The molecule has 2 heterocycles. The number of aliphatic hydroxyl groups excluding tert-OH is 1. The number of aromatic nitrogens is 1. The fourth-order valence-corrected chi connectivity index (χ4v) is 2.84. The minimum atomic E-state index is -0.402. The molecule has 2 amide bonds. The van der Waals surface area contributed by atoms with Crippen molar-refractivity contribution < 1.29 is 19.1 Å². The molecule has 24 heavy (non-hydrogen) atoms. The van der Waals surface area contributed by atoms with E-state index in [1.54, 1.807) is 6.07 Å². The van der Waals surface area contributed by atoms with Crippen molar-refractivity contribution in [3.05, 3.63) is 41.3 Å². The first-order valence-electron chi connectivity index (χ1n) is 7.79. The summed E-state index contributed by atoms with van der Waals surface area (Å²) >= 11 is 0. The number of nitrogens with one attached hydrogen (secondary N) is 3. The van der Waals surface area contributed by atoms with Crippen LogP contribution in [0.2, 0.25) is 0 Å². The highest BCUT2D eigenvalue weighted by atomic mass is 19.1. The largest absolute Gasteiger partial charge is 0.396 e. The van der Waals surface area contributed by atoms with Gasteiger partial charge in [0.25, 0.3) is 5.91 Å². The van der Waals surface area contributed by atoms with E-state index in [1.807, 2.05) is 0 Å². The zero-order valence-corrected chi connectivity index (χ0v) is 13.0. The molecular formula is C17H18FN3O3. The van der Waals surface area contributed by atoms with Crippen LogP contribution in [0.3, 0.4) is 0 Å². The molecule has 1 aromatic heterocycles. The van der Waals surface area contributed by atoms with E-state index in [1.165, 1.54) is 18.2 Å². The van der Waals surface area contributed by atoms with Gasteiger partial charge in [-0.25, -0.2) is 4.39 Å². The molecule has 0 spiro atoms. The van der Waals surface area contributed by atoms with Gasteiger partial charge in [0.1, 0.15) is 11.5 Å². The van der Waals surface area contributed by atoms with Crippen LogP contribution in [-0.4, -0.2) is 41.6 Å². The molecule has 1 aliphatic heterocycles. The molecule has 0 radical (unpaired) electrons. The summed E-state index contributed by atoms with van der Waals surface area (Å²) in [5.41, 5.74) is 2.21. The minimum Gasteiger partial charge on any atom is -0.396 e. The molecule has 0 aliphatic carbocycles. The highest BCUT2D eigenvalue weighted by Crippen LogP contribution is 2.32. The van der Waals surface area contributed by atoms with Crippen molar-refractivity contribution in [1.82, 2.24) is 15.6 Å². The predicted molar refractivity (Wildman–Crippen MR) is 87.9 cm³/mol. The van der Waals surface area contributed by atoms with Crippen molar-refractivity contribution in [3.8, 4) is 0 Å². The Kier molecular flexibility index (Phi) is 4.61. The number of aliphatic hydroxyl groups is 1. The van der Waals surface area contributed by atoms with E-state index < -0.39 is 5.82 Å². The van der Waals surface area contributed by atoms with Gasteiger partial charge in [-0.05, 0) is 36.6 Å². The molecule has 4 N–H and O–H groups in total. The molecule has 0 unspecified atom stereocenters. The van der Waals surface area contributed by atoms with Gasteiger partial charge in [-0.3, -0.25) is 9.59 Å². The van der Waals surface area contributed by atoms with Crippen LogP contribution in [0.25, 0.3) is 16.5 Å². The fraction of sp³-hybridized carbons (Fsp3) is 0.294. The molecule has 0 saturated carbocycles. The van der Waals surface area contributed by atoms with Crippen molar-refractivity contribution in [2.45, 2.75) is 12.8 Å². The summed E-state index contributed by atoms with van der Waals surface area (Å²) in [4.78, 5) is 27.3. The third-order valence-corrected chi connectivity index (χ3v) is 3.93. The van der Waals surface area contributed by atoms with E-state index in [9.17, 15) is 14.0 Å². The first kappa shape index (κ1) is 16.2. The molecule has 0 atom stereocenters. The standard InChI is InChI=1S/C17H18FN3O3/c18-11-2-3-13-12(9-11)15-10(8-14(23)19-5-1-7-22)4-6-20-17(24)16(15)21-13/h2-3,8-9,21-22H,1,4-7H2,(H,19,23)(H,20,24)/b10-8-. The van der Waals surface area contributed by atoms with Gasteiger partial charge in [0.15, 0.2) is 0 Å². The molecular weight excluding hydrogens is 313 g/mol. The van der Waals surface area contributed by atoms with E-state index in [2.05, 4.69) is 15.6 Å². The summed E-state index contributed by atoms with van der Waals surface area (Å²) in [5.74, 6) is -0.976. The highest BCUT2D eigenvalue weighted by molar-refractivity contribution is 6.10. The summed E-state index contributed by atoms with van der Waals surface area (Å²) in [5, 5.41) is 14.8. The van der Waals surface area contributed by atoms with Gasteiger partial charge in [0.2, 0.25) is 5.91 Å². The third kappa shape index (κ3) is 3.16. The fourth-order valence-electron chi connectivity index (χ4n) is 2.84. The summed E-state index contributed by atoms with van der Waals surface area (Å²) in [6.45, 7) is 0.765. The van der Waals surface area contributed by atoms with Crippen LogP contribution in [0, 0.1) is 5.82 Å². The summed E-state index contributed by atoms with van der Waals surface area (Å²) in [6.07, 6.45) is 2.38. The molecule has 1 aromatic carbocycles. The first-order valence-corrected chi connectivity index (χ1v) is 7.79. The number of H-pyrrole nitrogens is 1. The minimum absolute atomic E-state index is 0.00114. The number of amides is 2. The lowest BCUT2D eigenvalue weighted by molar-refractivity contribution is -0.116. The molecule has 6 nitrogen and oxygen atoms in total. The van der Waals surface area contributed by atoms with E-state index in [0.717, 1.165) is 0 Å². The normalized spacial score (nSPS) is 15.9. The number of carbonyl (C=O) groups excluding carboxylic acids is 2. The molecule has 0 fully saturated rings. The number of carbonyl (C=O) groups is 2. The van der Waals surface area contributed by atoms with Gasteiger partial charge in [0.05, 0.1) is 0 Å². The number of rotatable bonds is 4. The number of fused-ring (bicyclic) bond motifs is 3. The quantitative estimate of drug-likeness (QED) is 0.503. The zero-order chi connectivity index (χ0) is 17.1. The van der Waals surface area contributed by atoms with Gasteiger partial charge in [-0.2, -0.15) is 0 Å².